The summed E-state index contributed by atoms with van der Waals surface area (Å²) in [5, 5.41) is 4.85. The Balaban J connectivity index is 2.01. The summed E-state index contributed by atoms with van der Waals surface area (Å²) < 4.78 is 22.8. The van der Waals surface area contributed by atoms with Gasteiger partial charge in [0, 0.05) is 27.0 Å². The number of carbonyl (C=O) groups is 3. The van der Waals surface area contributed by atoms with E-state index < -0.39 is 48.0 Å². The van der Waals surface area contributed by atoms with E-state index in [-0.39, 0.29) is 17.6 Å². The molecule has 1 aliphatic rings. The van der Waals surface area contributed by atoms with Crippen molar-refractivity contribution in [2.45, 2.75) is 50.5 Å². The second-order valence-corrected chi connectivity index (χ2v) is 7.23. The number of rotatable bonds is 6. The number of ether oxygens (including phenoxy) is 4. The fourth-order valence-corrected chi connectivity index (χ4v) is 3.42. The number of H-pyrrole nitrogens is 1. The van der Waals surface area contributed by atoms with Gasteiger partial charge in [-0.1, -0.05) is 11.8 Å². The van der Waals surface area contributed by atoms with E-state index in [2.05, 4.69) is 15.1 Å². The molecule has 3 rings (SSSR count). The molecule has 0 aromatic carbocycles. The summed E-state index contributed by atoms with van der Waals surface area (Å²) in [7, 11) is 0. The summed E-state index contributed by atoms with van der Waals surface area (Å²) in [5.41, 5.74) is -0.230. The molecule has 0 amide bonds. The van der Waals surface area contributed by atoms with Gasteiger partial charge in [-0.2, -0.15) is 0 Å². The first-order chi connectivity index (χ1) is 14.2. The summed E-state index contributed by atoms with van der Waals surface area (Å²) in [5.74, 6) is -1.84. The zero-order valence-electron chi connectivity index (χ0n) is 16.6. The Kier molecular flexibility index (Phi) is 6.41. The molecule has 1 N–H and O–H groups in total. The van der Waals surface area contributed by atoms with Gasteiger partial charge < -0.3 is 23.9 Å². The van der Waals surface area contributed by atoms with Crippen molar-refractivity contribution in [1.82, 2.24) is 19.7 Å². The SMILES string of the molecule is CSc1nc2nn(C3OC(COC(C)=O)C(OC(C)=O)C3OC(C)=O)cc2c(=O)[nH]1. The van der Waals surface area contributed by atoms with E-state index in [1.165, 1.54) is 43.4 Å². The quantitative estimate of drug-likeness (QED) is 0.283. The van der Waals surface area contributed by atoms with E-state index >= 15 is 0 Å². The van der Waals surface area contributed by atoms with Crippen LogP contribution in [0.1, 0.15) is 27.0 Å². The van der Waals surface area contributed by atoms with Crippen molar-refractivity contribution in [3.63, 3.8) is 0 Å². The summed E-state index contributed by atoms with van der Waals surface area (Å²) >= 11 is 1.24. The molecule has 4 atom stereocenters. The predicted molar refractivity (Wildman–Crippen MR) is 102 cm³/mol. The lowest BCUT2D eigenvalue weighted by atomic mass is 10.1. The highest BCUT2D eigenvalue weighted by molar-refractivity contribution is 7.98. The molecule has 1 saturated heterocycles. The average Bonchev–Trinajstić information content (AvgIpc) is 3.21. The van der Waals surface area contributed by atoms with Gasteiger partial charge >= 0.3 is 17.9 Å². The van der Waals surface area contributed by atoms with Crippen LogP contribution in [0.3, 0.4) is 0 Å². The molecule has 30 heavy (non-hydrogen) atoms. The highest BCUT2D eigenvalue weighted by atomic mass is 32.2. The summed E-state index contributed by atoms with van der Waals surface area (Å²) in [6, 6.07) is 0. The fourth-order valence-electron chi connectivity index (χ4n) is 3.05. The molecule has 2 aromatic heterocycles. The van der Waals surface area contributed by atoms with E-state index in [4.69, 9.17) is 18.9 Å². The Morgan fingerprint density at radius 2 is 1.83 bits per heavy atom. The number of nitrogens with zero attached hydrogens (tertiary/aromatic N) is 3. The van der Waals surface area contributed by atoms with Gasteiger partial charge in [-0.15, -0.1) is 5.10 Å². The van der Waals surface area contributed by atoms with Gasteiger partial charge in [-0.05, 0) is 6.26 Å². The molecule has 0 bridgehead atoms. The lowest BCUT2D eigenvalue weighted by Gasteiger charge is -2.23. The second-order valence-electron chi connectivity index (χ2n) is 6.44. The van der Waals surface area contributed by atoms with E-state index in [1.807, 2.05) is 0 Å². The number of carbonyl (C=O) groups excluding carboxylic acids is 3. The number of thioether (sulfide) groups is 1. The van der Waals surface area contributed by atoms with Gasteiger partial charge in [0.2, 0.25) is 0 Å². The van der Waals surface area contributed by atoms with Crippen LogP contribution in [-0.2, 0) is 33.3 Å². The number of aromatic amines is 1. The van der Waals surface area contributed by atoms with Gasteiger partial charge in [-0.25, -0.2) is 9.67 Å². The summed E-state index contributed by atoms with van der Waals surface area (Å²) in [4.78, 5) is 53.6. The number of hydrogen-bond donors (Lipinski definition) is 1. The first-order valence-electron chi connectivity index (χ1n) is 8.86. The van der Waals surface area contributed by atoms with Crippen LogP contribution in [0.2, 0.25) is 0 Å². The molecule has 1 aliphatic heterocycles. The lowest BCUT2D eigenvalue weighted by Crippen LogP contribution is -2.40. The third-order valence-electron chi connectivity index (χ3n) is 4.18. The molecule has 162 valence electrons. The van der Waals surface area contributed by atoms with Crippen LogP contribution in [-0.4, -0.2) is 68.8 Å². The van der Waals surface area contributed by atoms with E-state index in [0.29, 0.717) is 5.16 Å². The Morgan fingerprint density at radius 1 is 1.17 bits per heavy atom. The highest BCUT2D eigenvalue weighted by Gasteiger charge is 2.51. The van der Waals surface area contributed by atoms with Crippen molar-refractivity contribution in [2.75, 3.05) is 12.9 Å². The predicted octanol–water partition coefficient (Wildman–Crippen LogP) is 0.165. The maximum Gasteiger partial charge on any atom is 0.303 e. The van der Waals surface area contributed by atoms with Crippen LogP contribution in [0, 0.1) is 0 Å². The molecule has 0 radical (unpaired) electrons. The molecule has 4 unspecified atom stereocenters. The van der Waals surface area contributed by atoms with Crippen molar-refractivity contribution in [3.05, 3.63) is 16.6 Å². The fraction of sp³-hybridized carbons (Fsp3) is 0.529. The van der Waals surface area contributed by atoms with Gasteiger partial charge in [0.1, 0.15) is 18.1 Å². The van der Waals surface area contributed by atoms with Crippen molar-refractivity contribution >= 4 is 40.7 Å². The second kappa shape index (κ2) is 8.83. The Bertz CT molecular complexity index is 1030. The van der Waals surface area contributed by atoms with E-state index in [1.54, 1.807) is 6.26 Å². The lowest BCUT2D eigenvalue weighted by molar-refractivity contribution is -0.166. The molecule has 2 aromatic rings. The molecule has 1 fully saturated rings. The molecule has 0 aliphatic carbocycles. The molecule has 13 heteroatoms. The third-order valence-corrected chi connectivity index (χ3v) is 4.76. The molecular weight excluding hydrogens is 420 g/mol. The molecule has 0 spiro atoms. The summed E-state index contributed by atoms with van der Waals surface area (Å²) in [6.45, 7) is 3.37. The Labute approximate surface area is 174 Å². The molecular formula is C17H20N4O8S. The van der Waals surface area contributed by atoms with Crippen LogP contribution in [0.5, 0.6) is 0 Å². The van der Waals surface area contributed by atoms with E-state index in [0.717, 1.165) is 0 Å². The molecule has 3 heterocycles. The normalized spacial score (nSPS) is 23.3. The first-order valence-corrected chi connectivity index (χ1v) is 10.1. The minimum Gasteiger partial charge on any atom is -0.463 e. The van der Waals surface area contributed by atoms with E-state index in [9.17, 15) is 19.2 Å². The zero-order chi connectivity index (χ0) is 22.0. The largest absolute Gasteiger partial charge is 0.463 e. The Morgan fingerprint density at radius 3 is 2.43 bits per heavy atom. The van der Waals surface area contributed by atoms with Crippen LogP contribution < -0.4 is 5.56 Å². The van der Waals surface area contributed by atoms with Gasteiger partial charge in [-0.3, -0.25) is 19.2 Å². The van der Waals surface area contributed by atoms with Crippen LogP contribution in [0.25, 0.3) is 11.0 Å². The standard InChI is InChI=1S/C17H20N4O8S/c1-7(22)26-6-11-12(27-8(2)23)13(28-9(3)24)16(29-11)21-5-10-14(20-21)18-17(30-4)19-15(10)25/h5,11-13,16H,6H2,1-4H3,(H,18,19,20,25). The highest BCUT2D eigenvalue weighted by Crippen LogP contribution is 2.34. The molecule has 12 nitrogen and oxygen atoms in total. The van der Waals surface area contributed by atoms with Crippen LogP contribution in [0.15, 0.2) is 16.1 Å². The number of fused-ring (bicyclic) bond motifs is 1. The smallest absolute Gasteiger partial charge is 0.303 e. The minimum absolute atomic E-state index is 0.167. The number of aromatic nitrogens is 4. The van der Waals surface area contributed by atoms with Crippen molar-refractivity contribution in [1.29, 1.82) is 0 Å². The van der Waals surface area contributed by atoms with Crippen LogP contribution in [0.4, 0.5) is 0 Å². The van der Waals surface area contributed by atoms with Gasteiger partial charge in [0.15, 0.2) is 29.2 Å². The van der Waals surface area contributed by atoms with Crippen molar-refractivity contribution in [2.24, 2.45) is 0 Å². The van der Waals surface area contributed by atoms with Crippen molar-refractivity contribution in [3.8, 4) is 0 Å². The van der Waals surface area contributed by atoms with Crippen LogP contribution >= 0.6 is 11.8 Å². The topological polar surface area (TPSA) is 152 Å². The first kappa shape index (κ1) is 21.8. The zero-order valence-corrected chi connectivity index (χ0v) is 17.4. The Hall–Kier alpha value is -2.93. The minimum atomic E-state index is -1.10. The summed E-state index contributed by atoms with van der Waals surface area (Å²) in [6.07, 6.45) is -0.985. The molecule has 0 saturated carbocycles. The maximum absolute atomic E-state index is 12.3. The third kappa shape index (κ3) is 4.62. The maximum atomic E-state index is 12.3. The monoisotopic (exact) mass is 440 g/mol. The number of nitrogens with one attached hydrogen (secondary N) is 1. The van der Waals surface area contributed by atoms with Gasteiger partial charge in [0.25, 0.3) is 5.56 Å². The number of hydrogen-bond acceptors (Lipinski definition) is 11. The van der Waals surface area contributed by atoms with Gasteiger partial charge in [0.05, 0.1) is 0 Å². The number of esters is 3. The van der Waals surface area contributed by atoms with Crippen molar-refractivity contribution < 1.29 is 33.3 Å². The average molecular weight is 440 g/mol.